The van der Waals surface area contributed by atoms with Gasteiger partial charge >= 0.3 is 0 Å². The van der Waals surface area contributed by atoms with Crippen molar-refractivity contribution in [1.82, 2.24) is 10.6 Å². The van der Waals surface area contributed by atoms with Crippen molar-refractivity contribution in [3.63, 3.8) is 0 Å². The molecule has 1 rings (SSSR count). The number of carbonyl (C=O) groups is 1. The van der Waals surface area contributed by atoms with Gasteiger partial charge in [0.25, 0.3) is 0 Å². The number of hydrogen-bond acceptors (Lipinski definition) is 4. The van der Waals surface area contributed by atoms with Gasteiger partial charge < -0.3 is 10.6 Å². The van der Waals surface area contributed by atoms with Gasteiger partial charge in [0.05, 0.1) is 11.8 Å². The smallest absolute Gasteiger partial charge is 0.217 e. The predicted molar refractivity (Wildman–Crippen MR) is 112 cm³/mol. The molecule has 5 nitrogen and oxygen atoms in total. The molecule has 0 aliphatic carbocycles. The van der Waals surface area contributed by atoms with Crippen molar-refractivity contribution >= 4 is 15.7 Å². The maximum atomic E-state index is 13.8. The lowest BCUT2D eigenvalue weighted by atomic mass is 10.0. The quantitative estimate of drug-likeness (QED) is 0.466. The summed E-state index contributed by atoms with van der Waals surface area (Å²) >= 11 is 0. The summed E-state index contributed by atoms with van der Waals surface area (Å²) in [7, 11) is -3.75. The van der Waals surface area contributed by atoms with E-state index in [0.29, 0.717) is 37.8 Å². The Bertz CT molecular complexity index is 734. The molecular formula is C21H34F2N2O3S. The normalized spacial score (nSPS) is 14.0. The summed E-state index contributed by atoms with van der Waals surface area (Å²) in [5.74, 6) is -1.64. The zero-order valence-corrected chi connectivity index (χ0v) is 18.6. The van der Waals surface area contributed by atoms with Crippen LogP contribution in [0.3, 0.4) is 0 Å². The van der Waals surface area contributed by atoms with Crippen LogP contribution in [0.5, 0.6) is 0 Å². The zero-order chi connectivity index (χ0) is 22.0. The average molecular weight is 433 g/mol. The molecule has 0 heterocycles. The monoisotopic (exact) mass is 432 g/mol. The highest BCUT2D eigenvalue weighted by Gasteiger charge is 2.35. The van der Waals surface area contributed by atoms with Crippen molar-refractivity contribution in [2.24, 2.45) is 5.92 Å². The molecule has 0 spiro atoms. The second kappa shape index (κ2) is 12.2. The molecule has 1 aromatic rings. The van der Waals surface area contributed by atoms with E-state index in [1.54, 1.807) is 0 Å². The molecule has 0 aromatic heterocycles. The summed E-state index contributed by atoms with van der Waals surface area (Å²) in [4.78, 5) is 11.8. The van der Waals surface area contributed by atoms with Gasteiger partial charge in [-0.2, -0.15) is 0 Å². The molecule has 1 amide bonds. The molecule has 0 aliphatic rings. The first-order chi connectivity index (χ1) is 13.6. The molecule has 0 radical (unpaired) electrons. The fourth-order valence-corrected chi connectivity index (χ4v) is 5.44. The third-order valence-electron chi connectivity index (χ3n) is 4.67. The van der Waals surface area contributed by atoms with Crippen molar-refractivity contribution in [1.29, 1.82) is 0 Å². The van der Waals surface area contributed by atoms with E-state index >= 15 is 0 Å². The van der Waals surface area contributed by atoms with Crippen LogP contribution in [0.4, 0.5) is 8.78 Å². The Labute approximate surface area is 173 Å². The van der Waals surface area contributed by atoms with E-state index < -0.39 is 32.8 Å². The summed E-state index contributed by atoms with van der Waals surface area (Å²) in [6.45, 7) is 8.65. The van der Waals surface area contributed by atoms with Gasteiger partial charge in [-0.05, 0) is 56.0 Å². The maximum Gasteiger partial charge on any atom is 0.217 e. The summed E-state index contributed by atoms with van der Waals surface area (Å²) in [5.41, 5.74) is 0.0273. The number of carbonyl (C=O) groups excluding carboxylic acids is 1. The van der Waals surface area contributed by atoms with Gasteiger partial charge in [0.2, 0.25) is 5.91 Å². The van der Waals surface area contributed by atoms with Crippen molar-refractivity contribution in [2.75, 3.05) is 18.8 Å². The van der Waals surface area contributed by atoms with E-state index in [2.05, 4.69) is 24.5 Å². The largest absolute Gasteiger partial charge is 0.352 e. The van der Waals surface area contributed by atoms with Crippen molar-refractivity contribution in [3.05, 3.63) is 35.4 Å². The molecule has 0 saturated carbocycles. The molecule has 8 heteroatoms. The SMILES string of the molecule is CCCCS(=O)(=O)C(c1cc(F)cc(F)c1)[C@H](CCNCCC(C)C)NC(C)=O. The van der Waals surface area contributed by atoms with E-state index in [1.807, 2.05) is 6.92 Å². The van der Waals surface area contributed by atoms with Gasteiger partial charge in [-0.15, -0.1) is 0 Å². The van der Waals surface area contributed by atoms with E-state index in [4.69, 9.17) is 0 Å². The topological polar surface area (TPSA) is 75.3 Å². The fourth-order valence-electron chi connectivity index (χ4n) is 3.24. The lowest BCUT2D eigenvalue weighted by molar-refractivity contribution is -0.119. The van der Waals surface area contributed by atoms with Crippen LogP contribution in [0, 0.1) is 17.6 Å². The molecule has 166 valence electrons. The third kappa shape index (κ3) is 9.21. The van der Waals surface area contributed by atoms with Crippen LogP contribution >= 0.6 is 0 Å². The van der Waals surface area contributed by atoms with Gasteiger partial charge in [0.15, 0.2) is 9.84 Å². The third-order valence-corrected chi connectivity index (χ3v) is 6.90. The Hall–Kier alpha value is -1.54. The van der Waals surface area contributed by atoms with Crippen molar-refractivity contribution in [2.45, 2.75) is 64.7 Å². The molecule has 1 aromatic carbocycles. The first-order valence-corrected chi connectivity index (χ1v) is 11.9. The van der Waals surface area contributed by atoms with Gasteiger partial charge in [-0.25, -0.2) is 17.2 Å². The van der Waals surface area contributed by atoms with Crippen molar-refractivity contribution < 1.29 is 22.0 Å². The van der Waals surface area contributed by atoms with Crippen LogP contribution in [-0.2, 0) is 14.6 Å². The lowest BCUT2D eigenvalue weighted by Crippen LogP contribution is -2.43. The number of hydrogen-bond donors (Lipinski definition) is 2. The Morgan fingerprint density at radius 1 is 1.07 bits per heavy atom. The zero-order valence-electron chi connectivity index (χ0n) is 17.8. The van der Waals surface area contributed by atoms with Crippen molar-refractivity contribution in [3.8, 4) is 0 Å². The highest BCUT2D eigenvalue weighted by Crippen LogP contribution is 2.30. The predicted octanol–water partition coefficient (Wildman–Crippen LogP) is 3.75. The van der Waals surface area contributed by atoms with E-state index in [1.165, 1.54) is 6.92 Å². The fraction of sp³-hybridized carbons (Fsp3) is 0.667. The minimum absolute atomic E-state index is 0.0273. The molecule has 0 fully saturated rings. The van der Waals surface area contributed by atoms with Gasteiger partial charge in [0.1, 0.15) is 16.9 Å². The van der Waals surface area contributed by atoms with E-state index in [-0.39, 0.29) is 17.2 Å². The Morgan fingerprint density at radius 2 is 1.66 bits per heavy atom. The summed E-state index contributed by atoms with van der Waals surface area (Å²) < 4.78 is 53.9. The standard InChI is InChI=1S/C21H34F2N2O3S/c1-5-6-11-29(27,28)21(17-12-18(22)14-19(23)13-17)20(25-16(4)26)8-10-24-9-7-15(2)3/h12-15,20-21,24H,5-11H2,1-4H3,(H,25,26)/t20-,21?/m0/s1. The minimum Gasteiger partial charge on any atom is -0.352 e. The number of halogens is 2. The molecule has 0 aliphatic heterocycles. The molecular weight excluding hydrogens is 398 g/mol. The van der Waals surface area contributed by atoms with Gasteiger partial charge in [-0.1, -0.05) is 27.2 Å². The van der Waals surface area contributed by atoms with Crippen LogP contribution < -0.4 is 10.6 Å². The van der Waals surface area contributed by atoms with Gasteiger partial charge in [-0.3, -0.25) is 4.79 Å². The van der Waals surface area contributed by atoms with Crippen LogP contribution in [0.2, 0.25) is 0 Å². The number of sulfone groups is 1. The van der Waals surface area contributed by atoms with E-state index in [9.17, 15) is 22.0 Å². The summed E-state index contributed by atoms with van der Waals surface area (Å²) in [5, 5.41) is 4.73. The molecule has 2 N–H and O–H groups in total. The first kappa shape index (κ1) is 25.5. The summed E-state index contributed by atoms with van der Waals surface area (Å²) in [6.07, 6.45) is 2.41. The summed E-state index contributed by atoms with van der Waals surface area (Å²) in [6, 6.07) is 2.00. The number of amides is 1. The molecule has 29 heavy (non-hydrogen) atoms. The van der Waals surface area contributed by atoms with Gasteiger partial charge in [0, 0.05) is 13.0 Å². The highest BCUT2D eigenvalue weighted by molar-refractivity contribution is 7.91. The van der Waals surface area contributed by atoms with Crippen LogP contribution in [0.25, 0.3) is 0 Å². The van der Waals surface area contributed by atoms with E-state index in [0.717, 1.165) is 25.1 Å². The first-order valence-electron chi connectivity index (χ1n) is 10.2. The van der Waals surface area contributed by atoms with Crippen LogP contribution in [-0.4, -0.2) is 39.2 Å². The molecule has 2 atom stereocenters. The minimum atomic E-state index is -3.75. The highest BCUT2D eigenvalue weighted by atomic mass is 32.2. The van der Waals surface area contributed by atoms with Crippen LogP contribution in [0.15, 0.2) is 18.2 Å². The number of nitrogens with one attached hydrogen (secondary N) is 2. The number of unbranched alkanes of at least 4 members (excludes halogenated alkanes) is 1. The second-order valence-corrected chi connectivity index (χ2v) is 10.1. The number of benzene rings is 1. The lowest BCUT2D eigenvalue weighted by Gasteiger charge is -2.28. The molecule has 1 unspecified atom stereocenters. The average Bonchev–Trinajstić information content (AvgIpc) is 2.57. The second-order valence-electron chi connectivity index (χ2n) is 7.87. The Balaban J connectivity index is 3.19. The molecule has 0 saturated heterocycles. The molecule has 0 bridgehead atoms. The maximum absolute atomic E-state index is 13.8. The Kier molecular flexibility index (Phi) is 10.7. The van der Waals surface area contributed by atoms with Crippen LogP contribution in [0.1, 0.15) is 64.2 Å². The Morgan fingerprint density at radius 3 is 2.17 bits per heavy atom. The number of rotatable bonds is 13.